The number of guanidine groups is 1. The first kappa shape index (κ1) is 21.1. The predicted molar refractivity (Wildman–Crippen MR) is 112 cm³/mol. The van der Waals surface area contributed by atoms with Crippen LogP contribution in [0.15, 0.2) is 30.3 Å². The fourth-order valence-electron chi connectivity index (χ4n) is 4.38. The van der Waals surface area contributed by atoms with Crippen LogP contribution in [-0.4, -0.2) is 65.8 Å². The van der Waals surface area contributed by atoms with Gasteiger partial charge >= 0.3 is 0 Å². The van der Waals surface area contributed by atoms with E-state index in [0.29, 0.717) is 31.8 Å². The maximum absolute atomic E-state index is 13.3. The molecule has 3 rings (SSSR count). The summed E-state index contributed by atoms with van der Waals surface area (Å²) in [6.07, 6.45) is 4.02. The van der Waals surface area contributed by atoms with Gasteiger partial charge in [0.25, 0.3) is 0 Å². The normalized spacial score (nSPS) is 23.0. The Morgan fingerprint density at radius 1 is 1.14 bits per heavy atom. The summed E-state index contributed by atoms with van der Waals surface area (Å²) in [4.78, 5) is 28.6. The molecular formula is C21H32N6O2. The molecule has 1 aromatic carbocycles. The molecule has 0 bridgehead atoms. The van der Waals surface area contributed by atoms with E-state index in [1.165, 1.54) is 0 Å². The molecule has 0 aliphatic carbocycles. The van der Waals surface area contributed by atoms with Gasteiger partial charge in [-0.15, -0.1) is 0 Å². The lowest BCUT2D eigenvalue weighted by Gasteiger charge is -2.34. The lowest BCUT2D eigenvalue weighted by atomic mass is 9.97. The molecule has 29 heavy (non-hydrogen) atoms. The van der Waals surface area contributed by atoms with E-state index in [4.69, 9.17) is 16.9 Å². The molecule has 0 spiro atoms. The number of carbonyl (C=O) groups is 2. The Bertz CT molecular complexity index is 725. The minimum absolute atomic E-state index is 0.0608. The molecule has 2 fully saturated rings. The van der Waals surface area contributed by atoms with E-state index in [0.717, 1.165) is 37.9 Å². The van der Waals surface area contributed by atoms with Gasteiger partial charge in [0, 0.05) is 26.2 Å². The van der Waals surface area contributed by atoms with Crippen LogP contribution in [-0.2, 0) is 16.0 Å². The summed E-state index contributed by atoms with van der Waals surface area (Å²) in [6, 6.07) is 8.98. The average molecular weight is 401 g/mol. The number of nitrogens with two attached hydrogens (primary N) is 2. The first-order chi connectivity index (χ1) is 14.0. The maximum Gasteiger partial charge on any atom is 0.240 e. The number of amides is 2. The number of primary amides is 1. The van der Waals surface area contributed by atoms with E-state index in [1.807, 2.05) is 35.2 Å². The average Bonchev–Trinajstić information content (AvgIpc) is 3.22. The highest BCUT2D eigenvalue weighted by Crippen LogP contribution is 2.20. The van der Waals surface area contributed by atoms with E-state index in [2.05, 4.69) is 5.32 Å². The molecule has 2 aliphatic heterocycles. The van der Waals surface area contributed by atoms with Crippen molar-refractivity contribution in [3.05, 3.63) is 35.9 Å². The van der Waals surface area contributed by atoms with Gasteiger partial charge in [0.1, 0.15) is 6.04 Å². The third kappa shape index (κ3) is 5.47. The standard InChI is InChI=1S/C21H32N6O2/c22-19(28)18-9-5-11-27(18)20(29)17(12-15-6-2-1-3-7-15)25-13-16-8-4-10-26(14-16)21(23)24/h1-3,6-7,16-18,25H,4-5,8-14H2,(H2,22,28)(H3,23,24)/t16?,17-,18-/m0/s1. The van der Waals surface area contributed by atoms with Crippen molar-refractivity contribution >= 4 is 17.8 Å². The van der Waals surface area contributed by atoms with Crippen LogP contribution in [0.1, 0.15) is 31.2 Å². The highest BCUT2D eigenvalue weighted by atomic mass is 16.2. The van der Waals surface area contributed by atoms with Gasteiger partial charge in [-0.3, -0.25) is 15.0 Å². The summed E-state index contributed by atoms with van der Waals surface area (Å²) in [5.74, 6) is -0.0645. The molecule has 158 valence electrons. The van der Waals surface area contributed by atoms with E-state index in [1.54, 1.807) is 4.90 Å². The third-order valence-electron chi connectivity index (χ3n) is 5.96. The summed E-state index contributed by atoms with van der Waals surface area (Å²) in [6.45, 7) is 2.78. The highest BCUT2D eigenvalue weighted by Gasteiger charge is 2.36. The molecule has 6 N–H and O–H groups in total. The van der Waals surface area contributed by atoms with Crippen molar-refractivity contribution in [3.8, 4) is 0 Å². The van der Waals surface area contributed by atoms with E-state index in [9.17, 15) is 9.59 Å². The largest absolute Gasteiger partial charge is 0.370 e. The van der Waals surface area contributed by atoms with Crippen molar-refractivity contribution in [3.63, 3.8) is 0 Å². The van der Waals surface area contributed by atoms with Gasteiger partial charge in [-0.1, -0.05) is 30.3 Å². The zero-order valence-electron chi connectivity index (χ0n) is 16.8. The van der Waals surface area contributed by atoms with Crippen molar-refractivity contribution in [2.75, 3.05) is 26.2 Å². The Morgan fingerprint density at radius 2 is 1.86 bits per heavy atom. The van der Waals surface area contributed by atoms with Gasteiger partial charge in [0.05, 0.1) is 6.04 Å². The van der Waals surface area contributed by atoms with Crippen LogP contribution in [0, 0.1) is 11.3 Å². The quantitative estimate of drug-likeness (QED) is 0.386. The number of benzene rings is 1. The molecule has 1 unspecified atom stereocenters. The molecule has 3 atom stereocenters. The molecule has 2 saturated heterocycles. The Kier molecular flexibility index (Phi) is 7.09. The number of hydrogen-bond acceptors (Lipinski definition) is 4. The van der Waals surface area contributed by atoms with Crippen molar-refractivity contribution in [1.29, 1.82) is 5.41 Å². The topological polar surface area (TPSA) is 129 Å². The summed E-state index contributed by atoms with van der Waals surface area (Å²) in [7, 11) is 0. The second kappa shape index (κ2) is 9.73. The van der Waals surface area contributed by atoms with Crippen molar-refractivity contribution in [1.82, 2.24) is 15.1 Å². The van der Waals surface area contributed by atoms with Crippen molar-refractivity contribution < 1.29 is 9.59 Å². The molecule has 8 heteroatoms. The van der Waals surface area contributed by atoms with Gasteiger partial charge < -0.3 is 26.6 Å². The van der Waals surface area contributed by atoms with E-state index >= 15 is 0 Å². The summed E-state index contributed by atoms with van der Waals surface area (Å²) < 4.78 is 0. The molecule has 0 saturated carbocycles. The Labute approximate surface area is 172 Å². The number of rotatable bonds is 7. The second-order valence-electron chi connectivity index (χ2n) is 8.08. The minimum Gasteiger partial charge on any atom is -0.370 e. The molecule has 2 heterocycles. The zero-order chi connectivity index (χ0) is 20.8. The van der Waals surface area contributed by atoms with Gasteiger partial charge in [0.2, 0.25) is 11.8 Å². The number of piperidine rings is 1. The minimum atomic E-state index is -0.509. The monoisotopic (exact) mass is 400 g/mol. The lowest BCUT2D eigenvalue weighted by Crippen LogP contribution is -2.54. The Morgan fingerprint density at radius 3 is 2.55 bits per heavy atom. The SMILES string of the molecule is N=C(N)N1CCCC(CN[C@@H](Cc2ccccc2)C(=O)N2CCC[C@H]2C(N)=O)C1. The zero-order valence-corrected chi connectivity index (χ0v) is 16.8. The molecule has 0 aromatic heterocycles. The molecule has 0 radical (unpaired) electrons. The van der Waals surface area contributed by atoms with E-state index in [-0.39, 0.29) is 11.9 Å². The van der Waals surface area contributed by atoms with Crippen molar-refractivity contribution in [2.24, 2.45) is 17.4 Å². The molecule has 2 aliphatic rings. The fraction of sp³-hybridized carbons (Fsp3) is 0.571. The van der Waals surface area contributed by atoms with Crippen LogP contribution >= 0.6 is 0 Å². The molecular weight excluding hydrogens is 368 g/mol. The molecule has 8 nitrogen and oxygen atoms in total. The fourth-order valence-corrected chi connectivity index (χ4v) is 4.38. The number of nitrogens with one attached hydrogen (secondary N) is 2. The summed E-state index contributed by atoms with van der Waals surface area (Å²) in [5, 5.41) is 11.1. The van der Waals surface area contributed by atoms with Gasteiger partial charge in [-0.25, -0.2) is 0 Å². The molecule has 1 aromatic rings. The first-order valence-electron chi connectivity index (χ1n) is 10.4. The second-order valence-corrected chi connectivity index (χ2v) is 8.08. The highest BCUT2D eigenvalue weighted by molar-refractivity contribution is 5.89. The predicted octanol–water partition coefficient (Wildman–Crippen LogP) is 0.269. The number of hydrogen-bond donors (Lipinski definition) is 4. The molecule has 2 amide bonds. The number of likely N-dealkylation sites (tertiary alicyclic amines) is 2. The first-order valence-corrected chi connectivity index (χ1v) is 10.4. The van der Waals surface area contributed by atoms with Crippen LogP contribution in [0.2, 0.25) is 0 Å². The van der Waals surface area contributed by atoms with Crippen LogP contribution in [0.3, 0.4) is 0 Å². The smallest absolute Gasteiger partial charge is 0.240 e. The summed E-state index contributed by atoms with van der Waals surface area (Å²) in [5.41, 5.74) is 12.2. The summed E-state index contributed by atoms with van der Waals surface area (Å²) >= 11 is 0. The number of nitrogens with zero attached hydrogens (tertiary/aromatic N) is 2. The van der Waals surface area contributed by atoms with Crippen LogP contribution in [0.25, 0.3) is 0 Å². The van der Waals surface area contributed by atoms with Crippen LogP contribution < -0.4 is 16.8 Å². The number of carbonyl (C=O) groups excluding carboxylic acids is 2. The Hall–Kier alpha value is -2.61. The van der Waals surface area contributed by atoms with E-state index < -0.39 is 18.0 Å². The van der Waals surface area contributed by atoms with Crippen LogP contribution in [0.4, 0.5) is 0 Å². The third-order valence-corrected chi connectivity index (χ3v) is 5.96. The van der Waals surface area contributed by atoms with Crippen molar-refractivity contribution in [2.45, 2.75) is 44.2 Å². The lowest BCUT2D eigenvalue weighted by molar-refractivity contribution is -0.139. The van der Waals surface area contributed by atoms with Gasteiger partial charge in [-0.2, -0.15) is 0 Å². The van der Waals surface area contributed by atoms with Crippen LogP contribution in [0.5, 0.6) is 0 Å². The maximum atomic E-state index is 13.3. The van der Waals surface area contributed by atoms with Gasteiger partial charge in [0.15, 0.2) is 5.96 Å². The Balaban J connectivity index is 1.68. The van der Waals surface area contributed by atoms with Gasteiger partial charge in [-0.05, 0) is 43.6 Å².